The Morgan fingerprint density at radius 1 is 1.03 bits per heavy atom. The van der Waals surface area contributed by atoms with Gasteiger partial charge in [-0.25, -0.2) is 4.90 Å². The molecule has 7 rings (SSSR count). The summed E-state index contributed by atoms with van der Waals surface area (Å²) in [7, 11) is 0. The van der Waals surface area contributed by atoms with Gasteiger partial charge in [0.05, 0.1) is 41.0 Å². The van der Waals surface area contributed by atoms with Crippen LogP contribution in [0.4, 0.5) is 11.4 Å². The van der Waals surface area contributed by atoms with Crippen LogP contribution in [0.1, 0.15) is 42.0 Å². The average Bonchev–Trinajstić information content (AvgIpc) is 3.14. The quantitative estimate of drug-likeness (QED) is 0.334. The molecule has 36 heavy (non-hydrogen) atoms. The Morgan fingerprint density at radius 2 is 1.64 bits per heavy atom. The number of aliphatic hydroxyl groups excluding tert-OH is 1. The molecule has 1 heterocycles. The number of carbonyl (C=O) groups excluding carboxylic acids is 2. The molecule has 0 aromatic heterocycles. The van der Waals surface area contributed by atoms with Crippen LogP contribution in [0.15, 0.2) is 66.7 Å². The number of rotatable bonds is 5. The number of ether oxygens (including phenoxy) is 1. The number of hydrogen-bond donors (Lipinski definition) is 1. The van der Waals surface area contributed by atoms with Gasteiger partial charge in [0.15, 0.2) is 0 Å². The number of benzene rings is 3. The highest BCUT2D eigenvalue weighted by Gasteiger charge is 2.70. The van der Waals surface area contributed by atoms with Gasteiger partial charge in [0, 0.05) is 5.92 Å². The zero-order valence-electron chi connectivity index (χ0n) is 19.8. The third-order valence-corrected chi connectivity index (χ3v) is 8.04. The van der Waals surface area contributed by atoms with Gasteiger partial charge in [0.25, 0.3) is 5.69 Å². The molecule has 0 radical (unpaired) electrons. The fraction of sp³-hybridized carbons (Fsp3) is 0.286. The van der Waals surface area contributed by atoms with E-state index in [1.165, 1.54) is 18.2 Å². The summed E-state index contributed by atoms with van der Waals surface area (Å²) in [5, 5.41) is 23.4. The lowest BCUT2D eigenvalue weighted by molar-refractivity contribution is -0.384. The average molecular weight is 485 g/mol. The molecule has 3 unspecified atom stereocenters. The zero-order chi connectivity index (χ0) is 25.4. The molecule has 2 amide bonds. The van der Waals surface area contributed by atoms with Gasteiger partial charge in [-0.2, -0.15) is 0 Å². The van der Waals surface area contributed by atoms with E-state index in [9.17, 15) is 24.8 Å². The van der Waals surface area contributed by atoms with Gasteiger partial charge in [-0.15, -0.1) is 0 Å². The molecule has 182 valence electrons. The van der Waals surface area contributed by atoms with Crippen LogP contribution < -0.4 is 9.64 Å². The Labute approximate surface area is 207 Å². The maximum absolute atomic E-state index is 14.2. The predicted molar refractivity (Wildman–Crippen MR) is 131 cm³/mol. The Bertz CT molecular complexity index is 1400. The van der Waals surface area contributed by atoms with Crippen LogP contribution in [-0.2, 0) is 15.0 Å². The number of imide groups is 1. The molecule has 1 aliphatic heterocycles. The van der Waals surface area contributed by atoms with Gasteiger partial charge in [0.1, 0.15) is 11.4 Å². The van der Waals surface area contributed by atoms with Crippen LogP contribution in [0.3, 0.4) is 0 Å². The van der Waals surface area contributed by atoms with Crippen LogP contribution in [0.2, 0.25) is 0 Å². The second kappa shape index (κ2) is 7.73. The standard InChI is InChI=1S/C28H24N2O6/c1-3-36-16-12-13-21(22(14-16)30(34)35)29-26(32)24-23-17-8-4-6-10-19(17)28(15(2)31,25(24)27(29)33)20-11-7-5-9-18(20)23/h4-15,23-25,31H,3H2,1-2H3. The highest BCUT2D eigenvalue weighted by atomic mass is 16.6. The molecule has 3 aliphatic carbocycles. The minimum atomic E-state index is -1.16. The van der Waals surface area contributed by atoms with Crippen molar-refractivity contribution in [2.24, 2.45) is 11.8 Å². The lowest BCUT2D eigenvalue weighted by Gasteiger charge is -2.55. The van der Waals surface area contributed by atoms with Gasteiger partial charge >= 0.3 is 0 Å². The molecule has 8 nitrogen and oxygen atoms in total. The van der Waals surface area contributed by atoms with Gasteiger partial charge < -0.3 is 9.84 Å². The number of amides is 2. The molecule has 0 saturated carbocycles. The van der Waals surface area contributed by atoms with E-state index >= 15 is 0 Å². The lowest BCUT2D eigenvalue weighted by atomic mass is 9.46. The van der Waals surface area contributed by atoms with E-state index in [-0.39, 0.29) is 17.1 Å². The molecular weight excluding hydrogens is 460 g/mol. The number of nitro benzene ring substituents is 1. The monoisotopic (exact) mass is 484 g/mol. The molecule has 3 atom stereocenters. The van der Waals surface area contributed by atoms with Gasteiger partial charge in [-0.05, 0) is 48.2 Å². The summed E-state index contributed by atoms with van der Waals surface area (Å²) in [6, 6.07) is 19.4. The lowest BCUT2D eigenvalue weighted by Crippen LogP contribution is -2.58. The van der Waals surface area contributed by atoms with E-state index in [0.717, 1.165) is 27.2 Å². The highest BCUT2D eigenvalue weighted by molar-refractivity contribution is 6.24. The topological polar surface area (TPSA) is 110 Å². The van der Waals surface area contributed by atoms with Gasteiger partial charge in [-0.1, -0.05) is 48.5 Å². The van der Waals surface area contributed by atoms with Crippen molar-refractivity contribution in [2.45, 2.75) is 31.3 Å². The molecule has 3 aromatic rings. The molecule has 0 spiro atoms. The summed E-state index contributed by atoms with van der Waals surface area (Å²) in [4.78, 5) is 40.6. The van der Waals surface area contributed by atoms with Crippen LogP contribution in [0.5, 0.6) is 5.75 Å². The summed E-state index contributed by atoms with van der Waals surface area (Å²) < 4.78 is 5.41. The van der Waals surface area contributed by atoms with Crippen molar-refractivity contribution in [2.75, 3.05) is 11.5 Å². The Balaban J connectivity index is 1.60. The molecule has 3 aromatic carbocycles. The van der Waals surface area contributed by atoms with Crippen molar-refractivity contribution in [1.82, 2.24) is 0 Å². The molecular formula is C28H24N2O6. The minimum Gasteiger partial charge on any atom is -0.494 e. The normalized spacial score (nSPS) is 26.3. The van der Waals surface area contributed by atoms with Crippen molar-refractivity contribution in [3.05, 3.63) is 99.1 Å². The molecule has 1 saturated heterocycles. The van der Waals surface area contributed by atoms with Gasteiger partial charge in [-0.3, -0.25) is 19.7 Å². The van der Waals surface area contributed by atoms with E-state index in [0.29, 0.717) is 6.61 Å². The predicted octanol–water partition coefficient (Wildman–Crippen LogP) is 3.93. The van der Waals surface area contributed by atoms with E-state index in [1.807, 2.05) is 48.5 Å². The third-order valence-electron chi connectivity index (χ3n) is 8.04. The smallest absolute Gasteiger partial charge is 0.297 e. The molecule has 2 bridgehead atoms. The molecule has 8 heteroatoms. The second-order valence-electron chi connectivity index (χ2n) is 9.55. The van der Waals surface area contributed by atoms with Crippen LogP contribution in [0.25, 0.3) is 0 Å². The first-order valence-corrected chi connectivity index (χ1v) is 12.0. The fourth-order valence-electron chi connectivity index (χ4n) is 6.87. The first kappa shape index (κ1) is 22.4. The Morgan fingerprint density at radius 3 is 2.19 bits per heavy atom. The van der Waals surface area contributed by atoms with Crippen molar-refractivity contribution >= 4 is 23.2 Å². The van der Waals surface area contributed by atoms with Crippen molar-refractivity contribution in [3.8, 4) is 5.75 Å². The van der Waals surface area contributed by atoms with E-state index in [4.69, 9.17) is 4.74 Å². The molecule has 1 fully saturated rings. The van der Waals surface area contributed by atoms with E-state index < -0.39 is 46.0 Å². The maximum atomic E-state index is 14.2. The summed E-state index contributed by atoms with van der Waals surface area (Å²) in [5.41, 5.74) is 1.85. The Kier molecular flexibility index (Phi) is 4.82. The zero-order valence-corrected chi connectivity index (χ0v) is 19.8. The maximum Gasteiger partial charge on any atom is 0.297 e. The molecule has 1 N–H and O–H groups in total. The second-order valence-corrected chi connectivity index (χ2v) is 9.55. The summed E-state index contributed by atoms with van der Waals surface area (Å²) in [6.07, 6.45) is -0.999. The van der Waals surface area contributed by atoms with Crippen LogP contribution in [-0.4, -0.2) is 34.6 Å². The first-order chi connectivity index (χ1) is 17.3. The van der Waals surface area contributed by atoms with Gasteiger partial charge in [0.2, 0.25) is 11.8 Å². The number of carbonyl (C=O) groups is 2. The minimum absolute atomic E-state index is 0.0823. The summed E-state index contributed by atoms with van der Waals surface area (Å²) in [6.45, 7) is 3.73. The van der Waals surface area contributed by atoms with E-state index in [2.05, 4.69) is 0 Å². The number of nitrogens with zero attached hydrogens (tertiary/aromatic N) is 2. The molecule has 4 aliphatic rings. The largest absolute Gasteiger partial charge is 0.494 e. The number of hydrogen-bond acceptors (Lipinski definition) is 6. The first-order valence-electron chi connectivity index (χ1n) is 12.0. The van der Waals surface area contributed by atoms with Crippen LogP contribution >= 0.6 is 0 Å². The van der Waals surface area contributed by atoms with E-state index in [1.54, 1.807) is 13.8 Å². The number of aliphatic hydroxyl groups is 1. The van der Waals surface area contributed by atoms with Crippen LogP contribution in [0, 0.1) is 22.0 Å². The third kappa shape index (κ3) is 2.62. The summed E-state index contributed by atoms with van der Waals surface area (Å²) >= 11 is 0. The Hall–Kier alpha value is -4.04. The fourth-order valence-corrected chi connectivity index (χ4v) is 6.87. The van der Waals surface area contributed by atoms with Crippen molar-refractivity contribution < 1.29 is 24.4 Å². The van der Waals surface area contributed by atoms with Crippen molar-refractivity contribution in [1.29, 1.82) is 0 Å². The van der Waals surface area contributed by atoms with Crippen molar-refractivity contribution in [3.63, 3.8) is 0 Å². The number of nitro groups is 1. The summed E-state index contributed by atoms with van der Waals surface area (Å²) in [5.74, 6) is -2.83. The highest BCUT2D eigenvalue weighted by Crippen LogP contribution is 2.65. The number of anilines is 1. The SMILES string of the molecule is CCOc1ccc(N2C(=O)C3C4c5ccccc5C(C(C)O)(c5ccccc54)C3C2=O)c([N+](=O)[O-])c1.